The Balaban J connectivity index is 0. The van der Waals surface area contributed by atoms with E-state index in [1.807, 2.05) is 0 Å². The molecule has 1 unspecified atom stereocenters. The van der Waals surface area contributed by atoms with Crippen molar-refractivity contribution in [3.8, 4) is 0 Å². The van der Waals surface area contributed by atoms with Crippen molar-refractivity contribution in [1.82, 2.24) is 0 Å². The van der Waals surface area contributed by atoms with Gasteiger partial charge in [-0.2, -0.15) is 9.28 Å². The Labute approximate surface area is 87.0 Å². The van der Waals surface area contributed by atoms with Crippen LogP contribution in [-0.4, -0.2) is 39.7 Å². The molecule has 0 aliphatic rings. The summed E-state index contributed by atoms with van der Waals surface area (Å²) in [7, 11) is 0. The molecule has 1 atom stereocenters. The zero-order valence-electron chi connectivity index (χ0n) is 7.02. The number of hydrogen-bond acceptors (Lipinski definition) is 9. The first-order valence-corrected chi connectivity index (χ1v) is 3.40. The summed E-state index contributed by atoms with van der Waals surface area (Å²) in [4.78, 5) is 25.4. The lowest BCUT2D eigenvalue weighted by Crippen LogP contribution is -2.20. The van der Waals surface area contributed by atoms with E-state index in [4.69, 9.17) is 20.3 Å². The molecule has 0 aromatic carbocycles. The van der Waals surface area contributed by atoms with E-state index in [0.29, 0.717) is 0 Å². The monoisotopic (exact) mass is 250 g/mol. The third-order valence-electron chi connectivity index (χ3n) is 0.641. The van der Waals surface area contributed by atoms with Crippen LogP contribution in [0.2, 0.25) is 0 Å². The Kier molecular flexibility index (Phi) is 11.4. The second-order valence-corrected chi connectivity index (χ2v) is 1.85. The minimum absolute atomic E-state index is 0.433. The summed E-state index contributed by atoms with van der Waals surface area (Å²) in [6.07, 6.45) is -1.15. The minimum Gasteiger partial charge on any atom is -0.394 e. The van der Waals surface area contributed by atoms with Crippen molar-refractivity contribution in [1.29, 1.82) is 0 Å². The number of nitrogens with zero attached hydrogens (tertiary/aromatic N) is 2. The summed E-state index contributed by atoms with van der Waals surface area (Å²) >= 11 is 4.14. The summed E-state index contributed by atoms with van der Waals surface area (Å²) < 4.78 is 2.94. The molecule has 0 bridgehead atoms. The van der Waals surface area contributed by atoms with Crippen LogP contribution in [0.15, 0.2) is 0 Å². The molecule has 0 rings (SSSR count). The van der Waals surface area contributed by atoms with Crippen molar-refractivity contribution in [3.63, 3.8) is 0 Å². The molecule has 0 aromatic heterocycles. The second kappa shape index (κ2) is 10.6. The van der Waals surface area contributed by atoms with Gasteiger partial charge >= 0.3 is 10.2 Å². The number of aliphatic hydroxyl groups excluding tert-OH is 2. The van der Waals surface area contributed by atoms with Crippen LogP contribution in [0.5, 0.6) is 0 Å². The van der Waals surface area contributed by atoms with Gasteiger partial charge in [-0.25, -0.2) is 0 Å². The zero-order chi connectivity index (χ0) is 12.3. The largest absolute Gasteiger partial charge is 0.394 e. The minimum atomic E-state index is -1.16. The molecule has 2 N–H and O–H groups in total. The third kappa shape index (κ3) is 19.1. The topological polar surface area (TPSA) is 154 Å². The van der Waals surface area contributed by atoms with Crippen LogP contribution in [0.25, 0.3) is 0 Å². The fraction of sp³-hybridized carbons (Fsp3) is 1.00. The molecule has 0 aromatic rings. The van der Waals surface area contributed by atoms with Gasteiger partial charge in [0.25, 0.3) is 0 Å². The summed E-state index contributed by atoms with van der Waals surface area (Å²) in [5.74, 6) is 0. The first-order chi connectivity index (χ1) is 6.93. The van der Waals surface area contributed by atoms with Gasteiger partial charge in [0.15, 0.2) is 0 Å². The fourth-order valence-electron chi connectivity index (χ4n) is 0.205. The molecule has 0 radical (unpaired) electrons. The number of halogens is 1. The predicted octanol–water partition coefficient (Wildman–Crippen LogP) is -1.17. The average Bonchev–Trinajstić information content (AvgIpc) is 2.17. The Morgan fingerprint density at radius 2 is 1.80 bits per heavy atom. The molecule has 0 saturated heterocycles. The lowest BCUT2D eigenvalue weighted by molar-refractivity contribution is -0.851. The van der Waals surface area contributed by atoms with Gasteiger partial charge in [-0.05, 0) is 0 Å². The highest BCUT2D eigenvalue weighted by atomic mass is 35.5. The lowest BCUT2D eigenvalue weighted by Gasteiger charge is -2.03. The maximum atomic E-state index is 9.38. The van der Waals surface area contributed by atoms with Gasteiger partial charge in [0.2, 0.25) is 0 Å². The van der Waals surface area contributed by atoms with Crippen LogP contribution >= 0.6 is 11.9 Å². The second-order valence-electron chi connectivity index (χ2n) is 1.71. The Hall–Kier alpha value is -1.43. The van der Waals surface area contributed by atoms with Gasteiger partial charge in [0.05, 0.1) is 6.61 Å². The van der Waals surface area contributed by atoms with Crippen molar-refractivity contribution < 1.29 is 34.7 Å². The van der Waals surface area contributed by atoms with E-state index >= 15 is 0 Å². The predicted molar refractivity (Wildman–Crippen MR) is 41.1 cm³/mol. The third-order valence-corrected chi connectivity index (χ3v) is 0.754. The van der Waals surface area contributed by atoms with E-state index in [-0.39, 0.29) is 0 Å². The average molecular weight is 251 g/mol. The summed E-state index contributed by atoms with van der Waals surface area (Å²) in [6.45, 7) is -0.960. The highest BCUT2D eigenvalue weighted by Gasteiger charge is 2.03. The Morgan fingerprint density at radius 1 is 1.33 bits per heavy atom. The van der Waals surface area contributed by atoms with Crippen LogP contribution in [0.4, 0.5) is 0 Å². The van der Waals surface area contributed by atoms with Crippen molar-refractivity contribution in [2.24, 2.45) is 0 Å². The SMILES string of the molecule is O=[N+]([O-])OCl.O=[N+]([O-])OOCC(O)CO. The van der Waals surface area contributed by atoms with Crippen LogP contribution < -0.4 is 0 Å². The molecule has 12 heteroatoms. The molecule has 0 fully saturated rings. The molecular formula is C3H7ClN2O9. The molecule has 0 spiro atoms. The first kappa shape index (κ1) is 16.0. The Morgan fingerprint density at radius 3 is 2.07 bits per heavy atom. The van der Waals surface area contributed by atoms with Crippen molar-refractivity contribution in [2.75, 3.05) is 13.2 Å². The lowest BCUT2D eigenvalue weighted by atomic mass is 10.4. The molecule has 11 nitrogen and oxygen atoms in total. The summed E-state index contributed by atoms with van der Waals surface area (Å²) in [5, 5.41) is 32.6. The molecule has 0 heterocycles. The molecule has 0 amide bonds. The highest BCUT2D eigenvalue weighted by molar-refractivity contribution is 6.06. The van der Waals surface area contributed by atoms with E-state index in [2.05, 4.69) is 26.1 Å². The normalized spacial score (nSPS) is 10.6. The summed E-state index contributed by atoms with van der Waals surface area (Å²) in [6, 6.07) is 0. The van der Waals surface area contributed by atoms with E-state index in [1.54, 1.807) is 0 Å². The van der Waals surface area contributed by atoms with Crippen molar-refractivity contribution >= 4 is 11.9 Å². The molecule has 90 valence electrons. The molecule has 15 heavy (non-hydrogen) atoms. The summed E-state index contributed by atoms with van der Waals surface area (Å²) in [5.41, 5.74) is 0. The molecule has 0 aliphatic heterocycles. The molecule has 0 aliphatic carbocycles. The van der Waals surface area contributed by atoms with Gasteiger partial charge in [-0.15, -0.1) is 25.2 Å². The van der Waals surface area contributed by atoms with Gasteiger partial charge in [-0.1, -0.05) is 0 Å². The van der Waals surface area contributed by atoms with Gasteiger partial charge in [0.1, 0.15) is 24.6 Å². The van der Waals surface area contributed by atoms with Gasteiger partial charge in [0, 0.05) is 0 Å². The van der Waals surface area contributed by atoms with Crippen molar-refractivity contribution in [3.05, 3.63) is 20.2 Å². The number of rotatable bonds is 6. The van der Waals surface area contributed by atoms with E-state index in [1.165, 1.54) is 0 Å². The quantitative estimate of drug-likeness (QED) is 0.337. The van der Waals surface area contributed by atoms with Crippen LogP contribution in [0, 0.1) is 20.2 Å². The fourth-order valence-corrected chi connectivity index (χ4v) is 0.205. The number of aliphatic hydroxyl groups is 2. The van der Waals surface area contributed by atoms with Gasteiger partial charge < -0.3 is 10.2 Å². The smallest absolute Gasteiger partial charge is 0.322 e. The standard InChI is InChI=1S/C3H7NO6.ClNO3/c5-1-3(6)2-9-10-4(7)8;1-5-2(3)4/h3,5-6H,1-2H2;. The zero-order valence-corrected chi connectivity index (χ0v) is 7.77. The Bertz CT molecular complexity index is 188. The van der Waals surface area contributed by atoms with E-state index in [0.717, 1.165) is 0 Å². The maximum Gasteiger partial charge on any atom is 0.322 e. The van der Waals surface area contributed by atoms with Crippen LogP contribution in [0.3, 0.4) is 0 Å². The maximum absolute atomic E-state index is 9.38. The molecular weight excluding hydrogens is 243 g/mol. The number of hydrogen-bond donors (Lipinski definition) is 2. The van der Waals surface area contributed by atoms with E-state index < -0.39 is 29.5 Å². The van der Waals surface area contributed by atoms with Crippen LogP contribution in [-0.2, 0) is 14.3 Å². The first-order valence-electron chi connectivity index (χ1n) is 3.10. The van der Waals surface area contributed by atoms with E-state index in [9.17, 15) is 10.1 Å². The van der Waals surface area contributed by atoms with Crippen molar-refractivity contribution in [2.45, 2.75) is 6.10 Å². The van der Waals surface area contributed by atoms with Gasteiger partial charge in [-0.3, -0.25) is 0 Å². The molecule has 0 saturated carbocycles. The van der Waals surface area contributed by atoms with Crippen LogP contribution in [0.1, 0.15) is 0 Å². The highest BCUT2D eigenvalue weighted by Crippen LogP contribution is 1.84.